The minimum absolute atomic E-state index is 0.121. The molecule has 1 aliphatic carbocycles. The van der Waals surface area contributed by atoms with E-state index in [0.717, 1.165) is 29.3 Å². The Morgan fingerprint density at radius 1 is 0.962 bits per heavy atom. The van der Waals surface area contributed by atoms with Crippen LogP contribution in [0.2, 0.25) is 0 Å². The monoisotopic (exact) mass is 346 g/mol. The van der Waals surface area contributed by atoms with E-state index in [1.165, 1.54) is 11.1 Å². The molecule has 0 unspecified atom stereocenters. The van der Waals surface area contributed by atoms with Crippen molar-refractivity contribution in [2.45, 2.75) is 38.5 Å². The molecule has 0 spiro atoms. The molecule has 26 heavy (non-hydrogen) atoms. The van der Waals surface area contributed by atoms with Crippen molar-refractivity contribution in [3.05, 3.63) is 70.8 Å². The number of hydrogen-bond donors (Lipinski definition) is 0. The Morgan fingerprint density at radius 2 is 1.77 bits per heavy atom. The Kier molecular flexibility index (Phi) is 3.59. The van der Waals surface area contributed by atoms with Gasteiger partial charge in [-0.2, -0.15) is 0 Å². The zero-order valence-electron chi connectivity index (χ0n) is 15.1. The fourth-order valence-corrected chi connectivity index (χ4v) is 3.91. The lowest BCUT2D eigenvalue weighted by Crippen LogP contribution is -2.14. The van der Waals surface area contributed by atoms with Gasteiger partial charge in [-0.1, -0.05) is 44.2 Å². The zero-order chi connectivity index (χ0) is 17.7. The summed E-state index contributed by atoms with van der Waals surface area (Å²) < 4.78 is 12.0. The first-order valence-electron chi connectivity index (χ1n) is 9.33. The Bertz CT molecular complexity index is 916. The van der Waals surface area contributed by atoms with E-state index in [2.05, 4.69) is 44.2 Å². The highest BCUT2D eigenvalue weighted by Crippen LogP contribution is 2.40. The van der Waals surface area contributed by atoms with Gasteiger partial charge in [-0.25, -0.2) is 9.98 Å². The zero-order valence-corrected chi connectivity index (χ0v) is 15.1. The topological polar surface area (TPSA) is 43.2 Å². The van der Waals surface area contributed by atoms with Gasteiger partial charge in [0.1, 0.15) is 18.8 Å². The second kappa shape index (κ2) is 5.97. The number of nitrogens with zero attached hydrogens (tertiary/aromatic N) is 2. The first-order valence-corrected chi connectivity index (χ1v) is 9.33. The molecule has 3 aliphatic rings. The van der Waals surface area contributed by atoms with E-state index in [9.17, 15) is 0 Å². The van der Waals surface area contributed by atoms with Crippen LogP contribution in [0.3, 0.4) is 0 Å². The molecule has 3 atom stereocenters. The van der Waals surface area contributed by atoms with Crippen molar-refractivity contribution in [2.24, 2.45) is 15.9 Å². The van der Waals surface area contributed by atoms with Crippen LogP contribution in [0.15, 0.2) is 58.5 Å². The molecular formula is C22H22N2O2. The molecule has 132 valence electrons. The largest absolute Gasteiger partial charge is 0.475 e. The van der Waals surface area contributed by atoms with Crippen LogP contribution < -0.4 is 0 Å². The summed E-state index contributed by atoms with van der Waals surface area (Å²) in [6, 6.07) is 17.0. The lowest BCUT2D eigenvalue weighted by Gasteiger charge is -2.09. The number of ether oxygens (including phenoxy) is 2. The third-order valence-corrected chi connectivity index (χ3v) is 5.47. The molecule has 0 N–H and O–H groups in total. The van der Waals surface area contributed by atoms with Crippen LogP contribution in [0.1, 0.15) is 42.1 Å². The fourth-order valence-electron chi connectivity index (χ4n) is 3.91. The molecule has 0 aromatic heterocycles. The molecule has 2 heterocycles. The minimum atomic E-state index is 0.121. The highest BCUT2D eigenvalue weighted by Gasteiger charge is 2.39. The van der Waals surface area contributed by atoms with Gasteiger partial charge in [-0.15, -0.1) is 0 Å². The second-order valence-electron chi connectivity index (χ2n) is 7.58. The van der Waals surface area contributed by atoms with E-state index in [1.54, 1.807) is 0 Å². The fraction of sp³-hybridized carbons (Fsp3) is 0.364. The number of aliphatic imine (C=N–C) groups is 2. The number of fused-ring (bicyclic) bond motifs is 3. The quantitative estimate of drug-likeness (QED) is 0.845. The van der Waals surface area contributed by atoms with Crippen LogP contribution in [0.5, 0.6) is 0 Å². The van der Waals surface area contributed by atoms with Gasteiger partial charge in [0, 0.05) is 17.5 Å². The Labute approximate surface area is 153 Å². The first-order chi connectivity index (χ1) is 12.7. The van der Waals surface area contributed by atoms with Gasteiger partial charge >= 0.3 is 0 Å². The Hall–Kier alpha value is -2.62. The van der Waals surface area contributed by atoms with E-state index in [4.69, 9.17) is 19.5 Å². The van der Waals surface area contributed by atoms with E-state index >= 15 is 0 Å². The molecule has 2 aromatic carbocycles. The van der Waals surface area contributed by atoms with Gasteiger partial charge in [-0.05, 0) is 35.2 Å². The summed E-state index contributed by atoms with van der Waals surface area (Å²) in [5, 5.41) is 0. The van der Waals surface area contributed by atoms with Crippen LogP contribution in [-0.2, 0) is 15.9 Å². The summed E-state index contributed by atoms with van der Waals surface area (Å²) in [5.74, 6) is 1.95. The van der Waals surface area contributed by atoms with Crippen LogP contribution in [-0.4, -0.2) is 30.5 Å². The molecule has 0 saturated carbocycles. The lowest BCUT2D eigenvalue weighted by molar-refractivity contribution is 0.206. The van der Waals surface area contributed by atoms with Crippen molar-refractivity contribution in [1.29, 1.82) is 0 Å². The molecule has 0 saturated heterocycles. The van der Waals surface area contributed by atoms with Gasteiger partial charge in [-0.3, -0.25) is 0 Å². The summed E-state index contributed by atoms with van der Waals surface area (Å²) in [6.07, 6.45) is 1.05. The first kappa shape index (κ1) is 15.6. The van der Waals surface area contributed by atoms with Gasteiger partial charge in [0.05, 0.1) is 6.04 Å². The van der Waals surface area contributed by atoms with Crippen molar-refractivity contribution in [1.82, 2.24) is 0 Å². The van der Waals surface area contributed by atoms with Crippen molar-refractivity contribution in [3.63, 3.8) is 0 Å². The molecular weight excluding hydrogens is 324 g/mol. The summed E-state index contributed by atoms with van der Waals surface area (Å²) in [6.45, 7) is 5.01. The Balaban J connectivity index is 1.43. The van der Waals surface area contributed by atoms with Crippen LogP contribution in [0.25, 0.3) is 0 Å². The molecule has 5 rings (SSSR count). The molecule has 2 aromatic rings. The third kappa shape index (κ3) is 2.52. The molecule has 0 amide bonds. The molecule has 0 fully saturated rings. The summed E-state index contributed by atoms with van der Waals surface area (Å²) in [5.41, 5.74) is 4.64. The van der Waals surface area contributed by atoms with E-state index < -0.39 is 0 Å². The predicted molar refractivity (Wildman–Crippen MR) is 102 cm³/mol. The van der Waals surface area contributed by atoms with E-state index in [-0.39, 0.29) is 18.2 Å². The maximum Gasteiger partial charge on any atom is 0.217 e. The summed E-state index contributed by atoms with van der Waals surface area (Å²) in [4.78, 5) is 9.61. The Morgan fingerprint density at radius 3 is 2.58 bits per heavy atom. The van der Waals surface area contributed by atoms with Crippen molar-refractivity contribution in [3.8, 4) is 0 Å². The van der Waals surface area contributed by atoms with Crippen molar-refractivity contribution in [2.75, 3.05) is 6.61 Å². The predicted octanol–water partition coefficient (Wildman–Crippen LogP) is 3.93. The van der Waals surface area contributed by atoms with Gasteiger partial charge in [0.25, 0.3) is 0 Å². The molecule has 2 aliphatic heterocycles. The van der Waals surface area contributed by atoms with E-state index in [0.29, 0.717) is 12.5 Å². The second-order valence-corrected chi connectivity index (χ2v) is 7.58. The lowest BCUT2D eigenvalue weighted by atomic mass is 10.1. The smallest absolute Gasteiger partial charge is 0.217 e. The number of benzene rings is 2. The summed E-state index contributed by atoms with van der Waals surface area (Å²) >= 11 is 0. The van der Waals surface area contributed by atoms with E-state index in [1.807, 2.05) is 18.2 Å². The highest BCUT2D eigenvalue weighted by atomic mass is 16.5. The SMILES string of the molecule is CC(C)[C@H]1COC(c2cccc(C3=N[C@H]4c5ccccc5C[C@H]4O3)c2)=N1. The molecule has 4 nitrogen and oxygen atoms in total. The average Bonchev–Trinajstić information content (AvgIpc) is 3.36. The van der Waals surface area contributed by atoms with Crippen LogP contribution >= 0.6 is 0 Å². The van der Waals surface area contributed by atoms with Crippen LogP contribution in [0.4, 0.5) is 0 Å². The molecule has 0 bridgehead atoms. The van der Waals surface area contributed by atoms with Crippen LogP contribution in [0, 0.1) is 5.92 Å². The van der Waals surface area contributed by atoms with Gasteiger partial charge in [0.15, 0.2) is 0 Å². The van der Waals surface area contributed by atoms with Gasteiger partial charge in [0.2, 0.25) is 11.8 Å². The van der Waals surface area contributed by atoms with Crippen molar-refractivity contribution >= 4 is 11.8 Å². The minimum Gasteiger partial charge on any atom is -0.475 e. The maximum absolute atomic E-state index is 6.20. The average molecular weight is 346 g/mol. The van der Waals surface area contributed by atoms with Gasteiger partial charge < -0.3 is 9.47 Å². The number of hydrogen-bond acceptors (Lipinski definition) is 4. The summed E-state index contributed by atoms with van der Waals surface area (Å²) in [7, 11) is 0. The standard InChI is InChI=1S/C22H22N2O2/c1-13(2)18-12-25-21(23-18)15-7-5-8-16(10-15)22-24-20-17-9-4-3-6-14(17)11-19(20)26-22/h3-10,13,18-20H,11-12H2,1-2H3/t18-,19-,20+/m1/s1. The molecule has 4 heteroatoms. The maximum atomic E-state index is 6.20. The highest BCUT2D eigenvalue weighted by molar-refractivity contribution is 6.00. The molecule has 0 radical (unpaired) electrons. The normalized spacial score (nSPS) is 26.0. The third-order valence-electron chi connectivity index (χ3n) is 5.47. The number of rotatable bonds is 3. The van der Waals surface area contributed by atoms with Crippen molar-refractivity contribution < 1.29 is 9.47 Å².